The first-order valence-corrected chi connectivity index (χ1v) is 35.7. The summed E-state index contributed by atoms with van der Waals surface area (Å²) in [6, 6.07) is 0. The number of carbonyl (C=O) groups excluding carboxylic acids is 3. The van der Waals surface area contributed by atoms with E-state index in [2.05, 4.69) is 118 Å². The molecule has 478 valence electrons. The summed E-state index contributed by atoms with van der Waals surface area (Å²) in [6.45, 7) is 6.45. The number of allylic oxidation sites excluding steroid dienone is 16. The van der Waals surface area contributed by atoms with Gasteiger partial charge in [0.2, 0.25) is 0 Å². The van der Waals surface area contributed by atoms with Crippen molar-refractivity contribution in [3.63, 3.8) is 0 Å². The van der Waals surface area contributed by atoms with Crippen molar-refractivity contribution in [2.75, 3.05) is 13.2 Å². The normalized spacial score (nSPS) is 12.7. The summed E-state index contributed by atoms with van der Waals surface area (Å²) < 4.78 is 17.0. The minimum atomic E-state index is -0.784. The van der Waals surface area contributed by atoms with Gasteiger partial charge in [0.05, 0.1) is 0 Å². The molecule has 0 aliphatic rings. The lowest BCUT2D eigenvalue weighted by Gasteiger charge is -2.18. The maximum atomic E-state index is 13.0. The van der Waals surface area contributed by atoms with Gasteiger partial charge in [-0.05, 0) is 116 Å². The molecule has 0 saturated carbocycles. The van der Waals surface area contributed by atoms with Crippen LogP contribution in [0.4, 0.5) is 0 Å². The van der Waals surface area contributed by atoms with E-state index in [4.69, 9.17) is 14.2 Å². The third-order valence-corrected chi connectivity index (χ3v) is 15.6. The van der Waals surface area contributed by atoms with Crippen molar-refractivity contribution in [3.05, 3.63) is 97.2 Å². The molecule has 0 aliphatic carbocycles. The smallest absolute Gasteiger partial charge is 0.306 e. The fourth-order valence-electron chi connectivity index (χ4n) is 10.3. The first-order valence-electron chi connectivity index (χ1n) is 35.7. The molecule has 83 heavy (non-hydrogen) atoms. The van der Waals surface area contributed by atoms with Crippen LogP contribution in [0.15, 0.2) is 97.2 Å². The van der Waals surface area contributed by atoms with Gasteiger partial charge >= 0.3 is 17.9 Å². The molecule has 0 radical (unpaired) electrons. The molecule has 0 fully saturated rings. The van der Waals surface area contributed by atoms with Gasteiger partial charge in [0.15, 0.2) is 6.10 Å². The number of unbranched alkanes of at least 4 members (excludes halogenated alkanes) is 38. The zero-order chi connectivity index (χ0) is 59.9. The SMILES string of the molecule is CC/C=C\C/C=C\C/C=C\C/C=C\CCCCCCCCCCCCCCCCCCC(=O)OCC(COC(=O)CCCCCCCCC/C=C\C/C=C\C/C=C\CC)OC(=O)CCCCCCCCCCC/C=C\CCCCCCCC. The zero-order valence-corrected chi connectivity index (χ0v) is 54.9. The van der Waals surface area contributed by atoms with E-state index in [0.29, 0.717) is 19.3 Å². The molecule has 6 nitrogen and oxygen atoms in total. The molecule has 1 unspecified atom stereocenters. The van der Waals surface area contributed by atoms with E-state index in [-0.39, 0.29) is 31.1 Å². The van der Waals surface area contributed by atoms with Crippen LogP contribution in [0.25, 0.3) is 0 Å². The molecule has 0 saturated heterocycles. The summed E-state index contributed by atoms with van der Waals surface area (Å²) >= 11 is 0. The van der Waals surface area contributed by atoms with Crippen LogP contribution in [0.1, 0.15) is 355 Å². The summed E-state index contributed by atoms with van der Waals surface area (Å²) in [6.07, 6.45) is 95.8. The van der Waals surface area contributed by atoms with Gasteiger partial charge in [-0.2, -0.15) is 0 Å². The fraction of sp³-hybridized carbons (Fsp3) is 0.753. The van der Waals surface area contributed by atoms with Crippen molar-refractivity contribution in [1.82, 2.24) is 0 Å². The minimum absolute atomic E-state index is 0.0785. The van der Waals surface area contributed by atoms with Gasteiger partial charge in [0.1, 0.15) is 13.2 Å². The molecule has 0 amide bonds. The second-order valence-corrected chi connectivity index (χ2v) is 23.7. The van der Waals surface area contributed by atoms with E-state index >= 15 is 0 Å². The van der Waals surface area contributed by atoms with Crippen LogP contribution in [0.5, 0.6) is 0 Å². The Balaban J connectivity index is 4.29. The van der Waals surface area contributed by atoms with Crippen molar-refractivity contribution in [3.8, 4) is 0 Å². The first-order chi connectivity index (χ1) is 41.0. The molecule has 0 N–H and O–H groups in total. The number of hydrogen-bond acceptors (Lipinski definition) is 6. The van der Waals surface area contributed by atoms with E-state index in [1.807, 2.05) is 0 Å². The number of rotatable bonds is 65. The van der Waals surface area contributed by atoms with Gasteiger partial charge in [0.25, 0.3) is 0 Å². The van der Waals surface area contributed by atoms with Crippen molar-refractivity contribution >= 4 is 17.9 Å². The predicted octanol–water partition coefficient (Wildman–Crippen LogP) is 24.8. The number of esters is 3. The van der Waals surface area contributed by atoms with Crippen LogP contribution >= 0.6 is 0 Å². The lowest BCUT2D eigenvalue weighted by molar-refractivity contribution is -0.167. The summed E-state index contributed by atoms with van der Waals surface area (Å²) in [5, 5.41) is 0. The van der Waals surface area contributed by atoms with Gasteiger partial charge in [-0.25, -0.2) is 0 Å². The highest BCUT2D eigenvalue weighted by Crippen LogP contribution is 2.18. The molecule has 6 heteroatoms. The Morgan fingerprint density at radius 3 is 0.747 bits per heavy atom. The van der Waals surface area contributed by atoms with Crippen molar-refractivity contribution in [2.45, 2.75) is 361 Å². The molecule has 0 aliphatic heterocycles. The van der Waals surface area contributed by atoms with Gasteiger partial charge in [0, 0.05) is 19.3 Å². The lowest BCUT2D eigenvalue weighted by Crippen LogP contribution is -2.30. The van der Waals surface area contributed by atoms with Crippen LogP contribution in [-0.2, 0) is 28.6 Å². The van der Waals surface area contributed by atoms with Crippen molar-refractivity contribution < 1.29 is 28.6 Å². The third-order valence-electron chi connectivity index (χ3n) is 15.6. The molecule has 0 bridgehead atoms. The molecule has 0 aromatic rings. The second-order valence-electron chi connectivity index (χ2n) is 23.7. The molecular formula is C77H134O6. The topological polar surface area (TPSA) is 78.9 Å². The maximum Gasteiger partial charge on any atom is 0.306 e. The van der Waals surface area contributed by atoms with E-state index < -0.39 is 6.10 Å². The van der Waals surface area contributed by atoms with Crippen molar-refractivity contribution in [2.24, 2.45) is 0 Å². The molecule has 0 rings (SSSR count). The van der Waals surface area contributed by atoms with E-state index in [0.717, 1.165) is 109 Å². The quantitative estimate of drug-likeness (QED) is 0.0261. The molecule has 0 aromatic carbocycles. The van der Waals surface area contributed by atoms with Crippen LogP contribution in [0, 0.1) is 0 Å². The zero-order valence-electron chi connectivity index (χ0n) is 54.9. The van der Waals surface area contributed by atoms with Crippen LogP contribution in [0.2, 0.25) is 0 Å². The Bertz CT molecular complexity index is 1610. The largest absolute Gasteiger partial charge is 0.462 e. The van der Waals surface area contributed by atoms with E-state index in [1.54, 1.807) is 0 Å². The summed E-state index contributed by atoms with van der Waals surface area (Å²) in [5.74, 6) is -0.872. The predicted molar refractivity (Wildman–Crippen MR) is 362 cm³/mol. The summed E-state index contributed by atoms with van der Waals surface area (Å²) in [4.78, 5) is 38.5. The summed E-state index contributed by atoms with van der Waals surface area (Å²) in [5.41, 5.74) is 0. The standard InChI is InChI=1S/C77H134O6/c1-4-7-10-13-16-19-22-25-28-31-33-34-35-36-37-38-39-40-41-42-44-46-49-52-55-58-61-64-67-70-76(79)82-73-74(72-81-75(78)69-66-63-60-57-54-51-48-45-30-27-24-21-18-15-12-9-6-3)83-77(80)71-68-65-62-59-56-53-50-47-43-32-29-26-23-20-17-14-11-8-5-2/h7,9-10,12,16,18-19,21,25-30,33-34,74H,4-6,8,11,13-15,17,20,22-24,31-32,35-73H2,1-3H3/b10-7-,12-9-,19-16-,21-18-,28-25-,29-26-,30-27-,34-33-. The van der Waals surface area contributed by atoms with Crippen LogP contribution < -0.4 is 0 Å². The second kappa shape index (κ2) is 70.8. The number of hydrogen-bond donors (Lipinski definition) is 0. The fourth-order valence-corrected chi connectivity index (χ4v) is 10.3. The molecule has 0 spiro atoms. The van der Waals surface area contributed by atoms with Gasteiger partial charge in [-0.1, -0.05) is 317 Å². The van der Waals surface area contributed by atoms with E-state index in [9.17, 15) is 14.4 Å². The molecule has 1 atom stereocenters. The van der Waals surface area contributed by atoms with Gasteiger partial charge in [-0.3, -0.25) is 14.4 Å². The van der Waals surface area contributed by atoms with Crippen LogP contribution in [-0.4, -0.2) is 37.2 Å². The van der Waals surface area contributed by atoms with Gasteiger partial charge in [-0.15, -0.1) is 0 Å². The number of ether oxygens (including phenoxy) is 3. The van der Waals surface area contributed by atoms with E-state index in [1.165, 1.54) is 205 Å². The molecule has 0 heterocycles. The average molecular weight is 1160 g/mol. The van der Waals surface area contributed by atoms with Crippen LogP contribution in [0.3, 0.4) is 0 Å². The Morgan fingerprint density at radius 1 is 0.253 bits per heavy atom. The third kappa shape index (κ3) is 69.0. The van der Waals surface area contributed by atoms with Gasteiger partial charge < -0.3 is 14.2 Å². The maximum absolute atomic E-state index is 13.0. The minimum Gasteiger partial charge on any atom is -0.462 e. The average Bonchev–Trinajstić information content (AvgIpc) is 3.49. The van der Waals surface area contributed by atoms with Crippen molar-refractivity contribution in [1.29, 1.82) is 0 Å². The number of carbonyl (C=O) groups is 3. The highest BCUT2D eigenvalue weighted by Gasteiger charge is 2.19. The first kappa shape index (κ1) is 79.3. The highest BCUT2D eigenvalue weighted by atomic mass is 16.6. The Labute approximate surface area is 515 Å². The molecule has 0 aromatic heterocycles. The Morgan fingerprint density at radius 2 is 0.470 bits per heavy atom. The highest BCUT2D eigenvalue weighted by molar-refractivity contribution is 5.71. The monoisotopic (exact) mass is 1160 g/mol. The molecular weight excluding hydrogens is 1020 g/mol. The Kier molecular flexibility index (Phi) is 67.7. The Hall–Kier alpha value is -3.67. The lowest BCUT2D eigenvalue weighted by atomic mass is 10.0. The summed E-state index contributed by atoms with van der Waals surface area (Å²) in [7, 11) is 0.